The van der Waals surface area contributed by atoms with Crippen LogP contribution in [0.5, 0.6) is 0 Å². The topological polar surface area (TPSA) is 64.4 Å². The molecule has 0 saturated heterocycles. The van der Waals surface area contributed by atoms with E-state index in [0.29, 0.717) is 16.3 Å². The third kappa shape index (κ3) is 3.51. The first-order valence-corrected chi connectivity index (χ1v) is 9.59. The van der Waals surface area contributed by atoms with Crippen LogP contribution in [0.25, 0.3) is 5.69 Å². The van der Waals surface area contributed by atoms with Crippen LogP contribution in [0, 0.1) is 0 Å². The number of hydrogen-bond donors (Lipinski definition) is 0. The zero-order valence-corrected chi connectivity index (χ0v) is 17.1. The van der Waals surface area contributed by atoms with Crippen molar-refractivity contribution >= 4 is 29.2 Å². The van der Waals surface area contributed by atoms with Crippen LogP contribution in [0.15, 0.2) is 54.9 Å². The molecule has 1 aliphatic heterocycles. The summed E-state index contributed by atoms with van der Waals surface area (Å²) < 4.78 is 7.32. The summed E-state index contributed by atoms with van der Waals surface area (Å²) in [6, 6.07) is 14.4. The number of para-hydroxylation sites is 2. The van der Waals surface area contributed by atoms with Gasteiger partial charge in [-0.25, -0.2) is 9.78 Å². The number of fused-ring (bicyclic) bond motifs is 3. The van der Waals surface area contributed by atoms with Crippen LogP contribution in [0.3, 0.4) is 0 Å². The maximum absolute atomic E-state index is 13.3. The van der Waals surface area contributed by atoms with Gasteiger partial charge in [0.15, 0.2) is 5.69 Å². The molecular formula is C22H20ClN3O3. The number of ether oxygens (including phenoxy) is 1. The Morgan fingerprint density at radius 3 is 2.38 bits per heavy atom. The van der Waals surface area contributed by atoms with Crippen LogP contribution in [-0.2, 0) is 11.3 Å². The molecule has 148 valence electrons. The Labute approximate surface area is 173 Å². The summed E-state index contributed by atoms with van der Waals surface area (Å²) in [5, 5.41) is 0.376. The summed E-state index contributed by atoms with van der Waals surface area (Å²) in [7, 11) is 0. The zero-order chi connectivity index (χ0) is 20.8. The molecule has 0 aliphatic carbocycles. The van der Waals surface area contributed by atoms with E-state index < -0.39 is 11.6 Å². The standard InChI is InChI=1S/C22H20ClN3O3/c1-22(2,3)29-21(28)19-18-12-25(20(27)14-8-4-5-9-15(14)23)16-10-6-7-11-17(16)26(18)13-24-19/h4-11,13H,12H2,1-3H3. The highest BCUT2D eigenvalue weighted by atomic mass is 35.5. The highest BCUT2D eigenvalue weighted by Gasteiger charge is 2.33. The van der Waals surface area contributed by atoms with Gasteiger partial charge in [-0.2, -0.15) is 0 Å². The van der Waals surface area contributed by atoms with Gasteiger partial charge in [-0.3, -0.25) is 9.36 Å². The van der Waals surface area contributed by atoms with Crippen molar-refractivity contribution in [2.45, 2.75) is 32.9 Å². The minimum Gasteiger partial charge on any atom is -0.455 e. The molecule has 7 heteroatoms. The molecule has 0 radical (unpaired) electrons. The molecule has 1 amide bonds. The normalized spacial score (nSPS) is 12.9. The average molecular weight is 410 g/mol. The Kier molecular flexibility index (Phi) is 4.67. The van der Waals surface area contributed by atoms with E-state index in [9.17, 15) is 9.59 Å². The van der Waals surface area contributed by atoms with E-state index in [0.717, 1.165) is 11.4 Å². The SMILES string of the molecule is CC(C)(C)OC(=O)c1ncn2c1CN(C(=O)c1ccccc1Cl)c1ccccc1-2. The molecule has 0 saturated carbocycles. The number of amides is 1. The number of benzene rings is 2. The Hall–Kier alpha value is -3.12. The van der Waals surface area contributed by atoms with Crippen molar-refractivity contribution < 1.29 is 14.3 Å². The molecule has 2 aromatic carbocycles. The van der Waals surface area contributed by atoms with Gasteiger partial charge in [-0.1, -0.05) is 35.9 Å². The van der Waals surface area contributed by atoms with Gasteiger partial charge in [0.25, 0.3) is 5.91 Å². The summed E-state index contributed by atoms with van der Waals surface area (Å²) in [6.45, 7) is 5.58. The molecule has 1 aliphatic rings. The molecule has 1 aromatic heterocycles. The molecule has 0 N–H and O–H groups in total. The van der Waals surface area contributed by atoms with Crippen molar-refractivity contribution in [2.75, 3.05) is 4.90 Å². The molecular weight excluding hydrogens is 390 g/mol. The number of anilines is 1. The average Bonchev–Trinajstić information content (AvgIpc) is 3.10. The lowest BCUT2D eigenvalue weighted by Crippen LogP contribution is -2.36. The Bertz CT molecular complexity index is 1110. The minimum absolute atomic E-state index is 0.176. The summed E-state index contributed by atoms with van der Waals surface area (Å²) in [4.78, 5) is 31.9. The molecule has 3 aromatic rings. The number of carbonyl (C=O) groups is 2. The fraction of sp³-hybridized carbons (Fsp3) is 0.227. The van der Waals surface area contributed by atoms with Gasteiger partial charge in [0.2, 0.25) is 0 Å². The lowest BCUT2D eigenvalue weighted by molar-refractivity contribution is 0.00617. The van der Waals surface area contributed by atoms with Crippen LogP contribution < -0.4 is 4.90 Å². The molecule has 4 rings (SSSR count). The first kappa shape index (κ1) is 19.2. The highest BCUT2D eigenvalue weighted by Crippen LogP contribution is 2.35. The van der Waals surface area contributed by atoms with Crippen LogP contribution in [0.2, 0.25) is 5.02 Å². The van der Waals surface area contributed by atoms with E-state index in [1.807, 2.05) is 28.8 Å². The van der Waals surface area contributed by atoms with Crippen molar-refractivity contribution in [1.82, 2.24) is 9.55 Å². The van der Waals surface area contributed by atoms with Gasteiger partial charge in [-0.15, -0.1) is 0 Å². The lowest BCUT2D eigenvalue weighted by Gasteiger charge is -2.31. The Morgan fingerprint density at radius 2 is 1.69 bits per heavy atom. The monoisotopic (exact) mass is 409 g/mol. The van der Waals surface area contributed by atoms with Gasteiger partial charge in [0, 0.05) is 0 Å². The van der Waals surface area contributed by atoms with E-state index >= 15 is 0 Å². The lowest BCUT2D eigenvalue weighted by atomic mass is 10.1. The third-order valence-electron chi connectivity index (χ3n) is 4.55. The number of rotatable bonds is 2. The molecule has 0 unspecified atom stereocenters. The fourth-order valence-electron chi connectivity index (χ4n) is 3.32. The largest absolute Gasteiger partial charge is 0.455 e. The van der Waals surface area contributed by atoms with Crippen molar-refractivity contribution in [3.8, 4) is 5.69 Å². The molecule has 0 spiro atoms. The Balaban J connectivity index is 1.80. The molecule has 0 fully saturated rings. The summed E-state index contributed by atoms with van der Waals surface area (Å²) in [5.74, 6) is -0.763. The number of hydrogen-bond acceptors (Lipinski definition) is 4. The Morgan fingerprint density at radius 1 is 1.03 bits per heavy atom. The smallest absolute Gasteiger partial charge is 0.359 e. The maximum Gasteiger partial charge on any atom is 0.359 e. The first-order valence-electron chi connectivity index (χ1n) is 9.21. The summed E-state index contributed by atoms with van der Waals surface area (Å²) in [5.41, 5.74) is 2.03. The molecule has 2 heterocycles. The molecule has 0 atom stereocenters. The first-order chi connectivity index (χ1) is 13.8. The van der Waals surface area contributed by atoms with Crippen molar-refractivity contribution in [3.63, 3.8) is 0 Å². The number of halogens is 1. The second-order valence-corrected chi connectivity index (χ2v) is 8.18. The van der Waals surface area contributed by atoms with Crippen molar-refractivity contribution in [1.29, 1.82) is 0 Å². The van der Waals surface area contributed by atoms with Crippen LogP contribution >= 0.6 is 11.6 Å². The minimum atomic E-state index is -0.646. The highest BCUT2D eigenvalue weighted by molar-refractivity contribution is 6.34. The second-order valence-electron chi connectivity index (χ2n) is 7.77. The van der Waals surface area contributed by atoms with Crippen molar-refractivity contribution in [3.05, 3.63) is 76.8 Å². The quantitative estimate of drug-likeness (QED) is 0.578. The van der Waals surface area contributed by atoms with Crippen LogP contribution in [0.4, 0.5) is 5.69 Å². The molecule has 6 nitrogen and oxygen atoms in total. The van der Waals surface area contributed by atoms with Crippen LogP contribution in [-0.4, -0.2) is 27.0 Å². The number of aromatic nitrogens is 2. The zero-order valence-electron chi connectivity index (χ0n) is 16.3. The summed E-state index contributed by atoms with van der Waals surface area (Å²) >= 11 is 6.26. The van der Waals surface area contributed by atoms with E-state index in [1.165, 1.54) is 0 Å². The van der Waals surface area contributed by atoms with Gasteiger partial charge in [0.1, 0.15) is 11.9 Å². The predicted octanol–water partition coefficient (Wildman–Crippen LogP) is 4.64. The number of esters is 1. The van der Waals surface area contributed by atoms with Gasteiger partial charge in [0.05, 0.1) is 34.2 Å². The van der Waals surface area contributed by atoms with E-state index in [-0.39, 0.29) is 18.1 Å². The van der Waals surface area contributed by atoms with Crippen molar-refractivity contribution in [2.24, 2.45) is 0 Å². The predicted molar refractivity (Wildman–Crippen MR) is 111 cm³/mol. The van der Waals surface area contributed by atoms with Crippen LogP contribution in [0.1, 0.15) is 47.3 Å². The van der Waals surface area contributed by atoms with E-state index in [1.54, 1.807) is 56.3 Å². The van der Waals surface area contributed by atoms with Gasteiger partial charge < -0.3 is 9.64 Å². The van der Waals surface area contributed by atoms with E-state index in [2.05, 4.69) is 4.98 Å². The third-order valence-corrected chi connectivity index (χ3v) is 4.88. The van der Waals surface area contributed by atoms with E-state index in [4.69, 9.17) is 16.3 Å². The molecule has 29 heavy (non-hydrogen) atoms. The summed E-state index contributed by atoms with van der Waals surface area (Å²) in [6.07, 6.45) is 1.59. The molecule has 0 bridgehead atoms. The second kappa shape index (κ2) is 7.04. The fourth-order valence-corrected chi connectivity index (χ4v) is 3.54. The number of carbonyl (C=O) groups excluding carboxylic acids is 2. The number of nitrogens with zero attached hydrogens (tertiary/aromatic N) is 3. The van der Waals surface area contributed by atoms with Gasteiger partial charge >= 0.3 is 5.97 Å². The van der Waals surface area contributed by atoms with Gasteiger partial charge in [-0.05, 0) is 45.0 Å². The maximum atomic E-state index is 13.3. The number of imidazole rings is 1.